The highest BCUT2D eigenvalue weighted by molar-refractivity contribution is 6.19. The van der Waals surface area contributed by atoms with Crippen molar-refractivity contribution in [3.63, 3.8) is 0 Å². The van der Waals surface area contributed by atoms with Gasteiger partial charge in [0.2, 0.25) is 0 Å². The maximum atomic E-state index is 12.1. The highest BCUT2D eigenvalue weighted by atomic mass is 16.5. The van der Waals surface area contributed by atoms with Crippen LogP contribution in [0.2, 0.25) is 0 Å². The van der Waals surface area contributed by atoms with Crippen molar-refractivity contribution in [3.8, 4) is 11.5 Å². The zero-order valence-corrected chi connectivity index (χ0v) is 12.9. The minimum absolute atomic E-state index is 0.223. The first-order chi connectivity index (χ1) is 11.2. The summed E-state index contributed by atoms with van der Waals surface area (Å²) in [5.41, 5.74) is 2.06. The van der Waals surface area contributed by atoms with E-state index in [0.29, 0.717) is 23.0 Å². The SMILES string of the molecule is COc1ccc(C2=N/C(=C/c3ccccc3)C(=O)N2)cc1OC. The summed E-state index contributed by atoms with van der Waals surface area (Å²) in [6, 6.07) is 15.0. The van der Waals surface area contributed by atoms with Crippen LogP contribution in [0.4, 0.5) is 0 Å². The zero-order chi connectivity index (χ0) is 16.2. The van der Waals surface area contributed by atoms with E-state index >= 15 is 0 Å². The van der Waals surface area contributed by atoms with Gasteiger partial charge in [0.25, 0.3) is 5.91 Å². The molecule has 0 fully saturated rings. The number of carbonyl (C=O) groups excluding carboxylic acids is 1. The lowest BCUT2D eigenvalue weighted by molar-refractivity contribution is -0.115. The molecule has 0 unspecified atom stereocenters. The number of methoxy groups -OCH3 is 2. The first kappa shape index (κ1) is 14.8. The van der Waals surface area contributed by atoms with Gasteiger partial charge in [-0.1, -0.05) is 30.3 Å². The lowest BCUT2D eigenvalue weighted by Crippen LogP contribution is -2.24. The van der Waals surface area contributed by atoms with Crippen LogP contribution in [0.3, 0.4) is 0 Å². The van der Waals surface area contributed by atoms with Gasteiger partial charge >= 0.3 is 0 Å². The van der Waals surface area contributed by atoms with Gasteiger partial charge in [-0.15, -0.1) is 0 Å². The third-order valence-electron chi connectivity index (χ3n) is 3.46. The van der Waals surface area contributed by atoms with Crippen LogP contribution in [0.15, 0.2) is 59.2 Å². The molecular weight excluding hydrogens is 292 g/mol. The second kappa shape index (κ2) is 6.36. The van der Waals surface area contributed by atoms with Crippen LogP contribution in [-0.2, 0) is 4.79 Å². The summed E-state index contributed by atoms with van der Waals surface area (Å²) < 4.78 is 10.5. The topological polar surface area (TPSA) is 59.9 Å². The minimum Gasteiger partial charge on any atom is -0.493 e. The summed E-state index contributed by atoms with van der Waals surface area (Å²) in [5, 5.41) is 2.78. The molecule has 0 saturated carbocycles. The number of rotatable bonds is 4. The fraction of sp³-hybridized carbons (Fsp3) is 0.111. The Morgan fingerprint density at radius 2 is 1.74 bits per heavy atom. The molecule has 1 N–H and O–H groups in total. The van der Waals surface area contributed by atoms with Crippen molar-refractivity contribution in [2.75, 3.05) is 14.2 Å². The van der Waals surface area contributed by atoms with Gasteiger partial charge in [0, 0.05) is 5.56 Å². The molecule has 2 aromatic rings. The van der Waals surface area contributed by atoms with Crippen molar-refractivity contribution in [2.24, 2.45) is 4.99 Å². The molecule has 2 aromatic carbocycles. The molecule has 1 aliphatic heterocycles. The van der Waals surface area contributed by atoms with Crippen molar-refractivity contribution >= 4 is 17.8 Å². The van der Waals surface area contributed by atoms with E-state index < -0.39 is 0 Å². The van der Waals surface area contributed by atoms with Crippen LogP contribution in [0.1, 0.15) is 11.1 Å². The molecule has 5 nitrogen and oxygen atoms in total. The molecule has 0 bridgehead atoms. The lowest BCUT2D eigenvalue weighted by atomic mass is 10.2. The van der Waals surface area contributed by atoms with Crippen LogP contribution in [-0.4, -0.2) is 26.0 Å². The fourth-order valence-corrected chi connectivity index (χ4v) is 2.30. The Balaban J connectivity index is 1.94. The largest absolute Gasteiger partial charge is 0.493 e. The van der Waals surface area contributed by atoms with E-state index in [4.69, 9.17) is 9.47 Å². The van der Waals surface area contributed by atoms with Crippen LogP contribution in [0.5, 0.6) is 11.5 Å². The van der Waals surface area contributed by atoms with Gasteiger partial charge in [-0.05, 0) is 29.8 Å². The molecule has 23 heavy (non-hydrogen) atoms. The van der Waals surface area contributed by atoms with Gasteiger partial charge in [-0.25, -0.2) is 4.99 Å². The van der Waals surface area contributed by atoms with Crippen LogP contribution < -0.4 is 14.8 Å². The van der Waals surface area contributed by atoms with Gasteiger partial charge in [0.05, 0.1) is 14.2 Å². The second-order valence-corrected chi connectivity index (χ2v) is 4.92. The number of amidine groups is 1. The number of amides is 1. The van der Waals surface area contributed by atoms with Gasteiger partial charge in [-0.2, -0.15) is 0 Å². The van der Waals surface area contributed by atoms with Crippen LogP contribution in [0.25, 0.3) is 6.08 Å². The quantitative estimate of drug-likeness (QED) is 0.883. The van der Waals surface area contributed by atoms with E-state index in [1.54, 1.807) is 32.4 Å². The smallest absolute Gasteiger partial charge is 0.275 e. The first-order valence-electron chi connectivity index (χ1n) is 7.10. The highest BCUT2D eigenvalue weighted by Crippen LogP contribution is 2.28. The number of benzene rings is 2. The van der Waals surface area contributed by atoms with Crippen molar-refractivity contribution in [2.45, 2.75) is 0 Å². The summed E-state index contributed by atoms with van der Waals surface area (Å²) in [6.45, 7) is 0. The Morgan fingerprint density at radius 3 is 2.43 bits per heavy atom. The van der Waals surface area contributed by atoms with Gasteiger partial charge in [-0.3, -0.25) is 4.79 Å². The molecule has 0 aromatic heterocycles. The Labute approximate surface area is 134 Å². The number of hydrogen-bond acceptors (Lipinski definition) is 4. The molecule has 1 amide bonds. The number of carbonyl (C=O) groups is 1. The molecule has 3 rings (SSSR count). The van der Waals surface area contributed by atoms with E-state index in [9.17, 15) is 4.79 Å². The molecule has 0 radical (unpaired) electrons. The number of nitrogens with zero attached hydrogens (tertiary/aromatic N) is 1. The number of ether oxygens (including phenoxy) is 2. The summed E-state index contributed by atoms with van der Waals surface area (Å²) in [6.07, 6.45) is 1.75. The summed E-state index contributed by atoms with van der Waals surface area (Å²) in [7, 11) is 3.14. The predicted octanol–water partition coefficient (Wildman–Crippen LogP) is 2.62. The van der Waals surface area contributed by atoms with E-state index in [1.165, 1.54) is 0 Å². The fourth-order valence-electron chi connectivity index (χ4n) is 2.30. The first-order valence-corrected chi connectivity index (χ1v) is 7.10. The molecule has 1 heterocycles. The molecule has 116 valence electrons. The van der Waals surface area contributed by atoms with E-state index in [1.807, 2.05) is 36.4 Å². The molecule has 1 aliphatic rings. The number of aliphatic imine (C=N–C) groups is 1. The van der Waals surface area contributed by atoms with Crippen molar-refractivity contribution in [1.82, 2.24) is 5.32 Å². The Kier molecular flexibility index (Phi) is 4.10. The van der Waals surface area contributed by atoms with Gasteiger partial charge in [0.15, 0.2) is 11.5 Å². The Bertz CT molecular complexity index is 795. The van der Waals surface area contributed by atoms with E-state index in [2.05, 4.69) is 10.3 Å². The van der Waals surface area contributed by atoms with E-state index in [-0.39, 0.29) is 5.91 Å². The average Bonchev–Trinajstić information content (AvgIpc) is 2.96. The molecular formula is C18H16N2O3. The standard InChI is InChI=1S/C18H16N2O3/c1-22-15-9-8-13(11-16(15)23-2)17-19-14(18(21)20-17)10-12-6-4-3-5-7-12/h3-11H,1-2H3,(H,19,20,21)/b14-10+. The van der Waals surface area contributed by atoms with Gasteiger partial charge < -0.3 is 14.8 Å². The average molecular weight is 308 g/mol. The van der Waals surface area contributed by atoms with Crippen molar-refractivity contribution in [1.29, 1.82) is 0 Å². The summed E-state index contributed by atoms with van der Waals surface area (Å²) in [4.78, 5) is 16.5. The monoisotopic (exact) mass is 308 g/mol. The van der Waals surface area contributed by atoms with Crippen LogP contribution in [0, 0.1) is 0 Å². The van der Waals surface area contributed by atoms with Gasteiger partial charge in [0.1, 0.15) is 11.5 Å². The third kappa shape index (κ3) is 3.08. The normalized spacial score (nSPS) is 15.3. The summed E-state index contributed by atoms with van der Waals surface area (Å²) in [5.74, 6) is 1.49. The van der Waals surface area contributed by atoms with E-state index in [0.717, 1.165) is 11.1 Å². The number of hydrogen-bond donors (Lipinski definition) is 1. The van der Waals surface area contributed by atoms with Crippen molar-refractivity contribution < 1.29 is 14.3 Å². The summed E-state index contributed by atoms with van der Waals surface area (Å²) >= 11 is 0. The molecule has 0 atom stereocenters. The number of nitrogens with one attached hydrogen (secondary N) is 1. The van der Waals surface area contributed by atoms with Crippen LogP contribution >= 0.6 is 0 Å². The Hall–Kier alpha value is -3.08. The minimum atomic E-state index is -0.223. The molecule has 5 heteroatoms. The highest BCUT2D eigenvalue weighted by Gasteiger charge is 2.22. The molecule has 0 aliphatic carbocycles. The lowest BCUT2D eigenvalue weighted by Gasteiger charge is -2.09. The zero-order valence-electron chi connectivity index (χ0n) is 12.9. The second-order valence-electron chi connectivity index (χ2n) is 4.92. The molecule has 0 saturated heterocycles. The molecule has 0 spiro atoms. The maximum absolute atomic E-state index is 12.1. The predicted molar refractivity (Wildman–Crippen MR) is 88.6 cm³/mol. The Morgan fingerprint density at radius 1 is 1.00 bits per heavy atom. The third-order valence-corrected chi connectivity index (χ3v) is 3.46. The van der Waals surface area contributed by atoms with Crippen molar-refractivity contribution in [3.05, 3.63) is 65.4 Å². The maximum Gasteiger partial charge on any atom is 0.275 e.